The molecule has 0 amide bonds. The molecule has 18 heavy (non-hydrogen) atoms. The highest BCUT2D eigenvalue weighted by molar-refractivity contribution is 5.39. The molecule has 0 saturated carbocycles. The zero-order valence-electron chi connectivity index (χ0n) is 10.9. The molecular weight excluding hydrogens is 228 g/mol. The van der Waals surface area contributed by atoms with Crippen molar-refractivity contribution in [3.63, 3.8) is 0 Å². The molecule has 1 aromatic carbocycles. The Labute approximate surface area is 107 Å². The summed E-state index contributed by atoms with van der Waals surface area (Å²) < 4.78 is 5.47. The van der Waals surface area contributed by atoms with E-state index in [2.05, 4.69) is 10.3 Å². The first kappa shape index (κ1) is 12.6. The van der Waals surface area contributed by atoms with Crippen molar-refractivity contribution in [3.05, 3.63) is 46.7 Å². The molecule has 0 radical (unpaired) electrons. The second-order valence-corrected chi connectivity index (χ2v) is 4.44. The number of aryl methyl sites for hydroxylation is 3. The summed E-state index contributed by atoms with van der Waals surface area (Å²) in [7, 11) is 0. The van der Waals surface area contributed by atoms with Gasteiger partial charge in [-0.25, -0.2) is 4.98 Å². The monoisotopic (exact) mass is 246 g/mol. The van der Waals surface area contributed by atoms with E-state index in [1.54, 1.807) is 0 Å². The molecule has 1 heterocycles. The minimum Gasteiger partial charge on any atom is -0.507 e. The van der Waals surface area contributed by atoms with Crippen LogP contribution in [0.2, 0.25) is 0 Å². The van der Waals surface area contributed by atoms with Gasteiger partial charge in [-0.2, -0.15) is 0 Å². The summed E-state index contributed by atoms with van der Waals surface area (Å²) in [4.78, 5) is 4.29. The molecule has 2 N–H and O–H groups in total. The van der Waals surface area contributed by atoms with Crippen LogP contribution in [0.1, 0.15) is 28.5 Å². The minimum absolute atomic E-state index is 0.352. The Balaban J connectivity index is 1.94. The molecule has 2 aromatic rings. The molecule has 0 bridgehead atoms. The molecule has 0 spiro atoms. The van der Waals surface area contributed by atoms with Crippen molar-refractivity contribution in [2.45, 2.75) is 33.9 Å². The van der Waals surface area contributed by atoms with Crippen LogP contribution in [0, 0.1) is 20.8 Å². The number of aromatic hydroxyl groups is 1. The van der Waals surface area contributed by atoms with Gasteiger partial charge in [0.05, 0.1) is 12.2 Å². The van der Waals surface area contributed by atoms with Gasteiger partial charge in [0, 0.05) is 12.1 Å². The van der Waals surface area contributed by atoms with Crippen molar-refractivity contribution in [2.24, 2.45) is 0 Å². The van der Waals surface area contributed by atoms with Crippen molar-refractivity contribution < 1.29 is 9.52 Å². The number of aromatic nitrogens is 1. The fourth-order valence-corrected chi connectivity index (χ4v) is 1.78. The van der Waals surface area contributed by atoms with Crippen molar-refractivity contribution in [1.29, 1.82) is 0 Å². The first-order chi connectivity index (χ1) is 8.58. The fraction of sp³-hybridized carbons (Fsp3) is 0.357. The van der Waals surface area contributed by atoms with Crippen molar-refractivity contribution in [2.75, 3.05) is 0 Å². The zero-order valence-corrected chi connectivity index (χ0v) is 10.9. The third kappa shape index (κ3) is 2.71. The van der Waals surface area contributed by atoms with Crippen molar-refractivity contribution >= 4 is 0 Å². The molecule has 0 unspecified atom stereocenters. The number of hydrogen-bond acceptors (Lipinski definition) is 4. The summed E-state index contributed by atoms with van der Waals surface area (Å²) in [6.45, 7) is 6.86. The Hall–Kier alpha value is -1.81. The van der Waals surface area contributed by atoms with Crippen molar-refractivity contribution in [1.82, 2.24) is 10.3 Å². The van der Waals surface area contributed by atoms with E-state index in [9.17, 15) is 5.11 Å². The summed E-state index contributed by atoms with van der Waals surface area (Å²) in [5.41, 5.74) is 2.69. The Bertz CT molecular complexity index is 527. The number of nitrogens with zero attached hydrogens (tertiary/aromatic N) is 1. The maximum absolute atomic E-state index is 9.86. The van der Waals surface area contributed by atoms with Crippen molar-refractivity contribution in [3.8, 4) is 5.75 Å². The zero-order chi connectivity index (χ0) is 13.1. The van der Waals surface area contributed by atoms with Crippen LogP contribution in [0.5, 0.6) is 5.75 Å². The van der Waals surface area contributed by atoms with Crippen LogP contribution in [-0.2, 0) is 13.1 Å². The molecule has 0 atom stereocenters. The van der Waals surface area contributed by atoms with E-state index in [-0.39, 0.29) is 0 Å². The van der Waals surface area contributed by atoms with Gasteiger partial charge >= 0.3 is 0 Å². The van der Waals surface area contributed by atoms with Crippen LogP contribution in [0.4, 0.5) is 0 Å². The number of para-hydroxylation sites is 1. The number of phenols is 1. The number of rotatable bonds is 4. The third-order valence-electron chi connectivity index (χ3n) is 2.99. The normalized spacial score (nSPS) is 10.8. The largest absolute Gasteiger partial charge is 0.507 e. The standard InChI is InChI=1S/C14H18N2O2/c1-9-5-4-6-12(14(9)17)7-15-8-13-16-10(2)11(3)18-13/h4-6,15,17H,7-8H2,1-3H3. The Morgan fingerprint density at radius 1 is 1.22 bits per heavy atom. The summed E-state index contributed by atoms with van der Waals surface area (Å²) >= 11 is 0. The van der Waals surface area contributed by atoms with Gasteiger partial charge in [-0.05, 0) is 26.3 Å². The van der Waals surface area contributed by atoms with Gasteiger partial charge in [0.15, 0.2) is 0 Å². The maximum atomic E-state index is 9.86. The predicted octanol–water partition coefficient (Wildman–Crippen LogP) is 2.60. The van der Waals surface area contributed by atoms with Crippen LogP contribution in [0.3, 0.4) is 0 Å². The van der Waals surface area contributed by atoms with E-state index in [4.69, 9.17) is 4.42 Å². The quantitative estimate of drug-likeness (QED) is 0.870. The number of benzene rings is 1. The first-order valence-electron chi connectivity index (χ1n) is 5.99. The SMILES string of the molecule is Cc1cccc(CNCc2nc(C)c(C)o2)c1O. The van der Waals surface area contributed by atoms with Crippen LogP contribution in [0.25, 0.3) is 0 Å². The van der Waals surface area contributed by atoms with Gasteiger partial charge in [-0.15, -0.1) is 0 Å². The van der Waals surface area contributed by atoms with E-state index in [0.717, 1.165) is 22.6 Å². The van der Waals surface area contributed by atoms with Gasteiger partial charge in [0.2, 0.25) is 5.89 Å². The maximum Gasteiger partial charge on any atom is 0.208 e. The number of nitrogens with one attached hydrogen (secondary N) is 1. The molecule has 0 aliphatic carbocycles. The average Bonchev–Trinajstić information content (AvgIpc) is 2.64. The summed E-state index contributed by atoms with van der Waals surface area (Å²) in [6, 6.07) is 5.73. The van der Waals surface area contributed by atoms with Crippen LogP contribution < -0.4 is 5.32 Å². The Kier molecular flexibility index (Phi) is 3.67. The second kappa shape index (κ2) is 5.23. The lowest BCUT2D eigenvalue weighted by atomic mass is 10.1. The first-order valence-corrected chi connectivity index (χ1v) is 5.99. The molecule has 0 aliphatic heterocycles. The topological polar surface area (TPSA) is 58.3 Å². The van der Waals surface area contributed by atoms with Gasteiger partial charge in [0.25, 0.3) is 0 Å². The Morgan fingerprint density at radius 2 is 2.00 bits per heavy atom. The van der Waals surface area contributed by atoms with Gasteiger partial charge in [-0.1, -0.05) is 18.2 Å². The highest BCUT2D eigenvalue weighted by Crippen LogP contribution is 2.21. The Morgan fingerprint density at radius 3 is 2.67 bits per heavy atom. The van der Waals surface area contributed by atoms with Gasteiger partial charge in [-0.3, -0.25) is 0 Å². The smallest absolute Gasteiger partial charge is 0.208 e. The second-order valence-electron chi connectivity index (χ2n) is 4.44. The van der Waals surface area contributed by atoms with Gasteiger partial charge in [0.1, 0.15) is 11.5 Å². The summed E-state index contributed by atoms with van der Waals surface area (Å²) in [5.74, 6) is 1.88. The minimum atomic E-state index is 0.352. The van der Waals surface area contributed by atoms with E-state index in [0.29, 0.717) is 24.7 Å². The fourth-order valence-electron chi connectivity index (χ4n) is 1.78. The van der Waals surface area contributed by atoms with Crippen LogP contribution >= 0.6 is 0 Å². The molecule has 96 valence electrons. The van der Waals surface area contributed by atoms with Crippen LogP contribution in [0.15, 0.2) is 22.6 Å². The number of oxazole rings is 1. The molecule has 0 aliphatic rings. The van der Waals surface area contributed by atoms with E-state index in [1.807, 2.05) is 39.0 Å². The van der Waals surface area contributed by atoms with E-state index >= 15 is 0 Å². The number of hydrogen-bond donors (Lipinski definition) is 2. The average molecular weight is 246 g/mol. The molecule has 1 aromatic heterocycles. The van der Waals surface area contributed by atoms with Crippen LogP contribution in [-0.4, -0.2) is 10.1 Å². The summed E-state index contributed by atoms with van der Waals surface area (Å²) in [5, 5.41) is 13.1. The van der Waals surface area contributed by atoms with Gasteiger partial charge < -0.3 is 14.8 Å². The molecule has 0 saturated heterocycles. The lowest BCUT2D eigenvalue weighted by Gasteiger charge is -2.07. The molecule has 0 fully saturated rings. The molecule has 4 nitrogen and oxygen atoms in total. The molecular formula is C14H18N2O2. The lowest BCUT2D eigenvalue weighted by molar-refractivity contribution is 0.439. The lowest BCUT2D eigenvalue weighted by Crippen LogP contribution is -2.13. The van der Waals surface area contributed by atoms with E-state index < -0.39 is 0 Å². The molecule has 4 heteroatoms. The summed E-state index contributed by atoms with van der Waals surface area (Å²) in [6.07, 6.45) is 0. The third-order valence-corrected chi connectivity index (χ3v) is 2.99. The highest BCUT2D eigenvalue weighted by Gasteiger charge is 2.06. The highest BCUT2D eigenvalue weighted by atomic mass is 16.4. The van der Waals surface area contributed by atoms with E-state index in [1.165, 1.54) is 0 Å². The predicted molar refractivity (Wildman–Crippen MR) is 69.4 cm³/mol. The molecule has 2 rings (SSSR count). The number of phenolic OH excluding ortho intramolecular Hbond substituents is 1.